The summed E-state index contributed by atoms with van der Waals surface area (Å²) < 4.78 is 0. The van der Waals surface area contributed by atoms with E-state index in [9.17, 15) is 9.59 Å². The molecule has 0 spiro atoms. The van der Waals surface area contributed by atoms with Crippen molar-refractivity contribution in [2.45, 2.75) is 40.2 Å². The Bertz CT molecular complexity index is 315. The zero-order chi connectivity index (χ0) is 13.2. The van der Waals surface area contributed by atoms with E-state index in [0.717, 1.165) is 19.5 Å². The van der Waals surface area contributed by atoms with Crippen molar-refractivity contribution < 1.29 is 14.7 Å². The van der Waals surface area contributed by atoms with Crippen LogP contribution in [0.3, 0.4) is 0 Å². The molecule has 1 aliphatic rings. The molecule has 0 bridgehead atoms. The van der Waals surface area contributed by atoms with E-state index in [1.54, 1.807) is 18.7 Å². The van der Waals surface area contributed by atoms with E-state index >= 15 is 0 Å². The van der Waals surface area contributed by atoms with E-state index in [1.807, 2.05) is 0 Å². The lowest BCUT2D eigenvalue weighted by atomic mass is 9.93. The molecule has 0 aliphatic carbocycles. The van der Waals surface area contributed by atoms with Gasteiger partial charge < -0.3 is 15.3 Å². The number of urea groups is 1. The van der Waals surface area contributed by atoms with Crippen LogP contribution in [0.15, 0.2) is 0 Å². The normalized spacial score (nSPS) is 22.0. The van der Waals surface area contributed by atoms with Crippen molar-refractivity contribution in [1.82, 2.24) is 10.2 Å². The molecule has 2 atom stereocenters. The molecule has 2 amide bonds. The van der Waals surface area contributed by atoms with Crippen molar-refractivity contribution >= 4 is 12.0 Å². The highest BCUT2D eigenvalue weighted by atomic mass is 16.4. The van der Waals surface area contributed by atoms with Crippen LogP contribution in [0.4, 0.5) is 4.79 Å². The smallest absolute Gasteiger partial charge is 0.317 e. The summed E-state index contributed by atoms with van der Waals surface area (Å²) in [6.45, 7) is 9.05. The molecule has 1 saturated heterocycles. The minimum atomic E-state index is -0.889. The number of rotatable bonds is 3. The van der Waals surface area contributed by atoms with Gasteiger partial charge in [0.1, 0.15) is 0 Å². The Labute approximate surface area is 102 Å². The van der Waals surface area contributed by atoms with Gasteiger partial charge in [-0.1, -0.05) is 13.8 Å². The summed E-state index contributed by atoms with van der Waals surface area (Å²) in [4.78, 5) is 24.4. The van der Waals surface area contributed by atoms with Gasteiger partial charge in [0.15, 0.2) is 0 Å². The fourth-order valence-corrected chi connectivity index (χ4v) is 1.91. The van der Waals surface area contributed by atoms with Crippen molar-refractivity contribution in [1.29, 1.82) is 0 Å². The summed E-state index contributed by atoms with van der Waals surface area (Å²) in [5.74, 6) is -1.46. The topological polar surface area (TPSA) is 69.6 Å². The second-order valence-electron chi connectivity index (χ2n) is 5.70. The number of aliphatic carboxylic acids is 1. The van der Waals surface area contributed by atoms with Gasteiger partial charge in [-0.2, -0.15) is 0 Å². The van der Waals surface area contributed by atoms with Crippen LogP contribution in [0.1, 0.15) is 34.1 Å². The number of hydrogen-bond acceptors (Lipinski definition) is 2. The molecule has 1 aliphatic heterocycles. The van der Waals surface area contributed by atoms with Gasteiger partial charge in [-0.25, -0.2) is 4.79 Å². The van der Waals surface area contributed by atoms with Crippen molar-refractivity contribution in [3.8, 4) is 0 Å². The summed E-state index contributed by atoms with van der Waals surface area (Å²) in [5.41, 5.74) is 0.166. The van der Waals surface area contributed by atoms with E-state index in [4.69, 9.17) is 5.11 Å². The maximum atomic E-state index is 11.9. The van der Waals surface area contributed by atoms with E-state index in [0.29, 0.717) is 0 Å². The highest BCUT2D eigenvalue weighted by molar-refractivity contribution is 5.76. The summed E-state index contributed by atoms with van der Waals surface area (Å²) in [6.07, 6.45) is 0.989. The highest BCUT2D eigenvalue weighted by Gasteiger charge is 2.33. The molecule has 2 unspecified atom stereocenters. The number of carboxylic acid groups (broad SMARTS) is 1. The molecule has 5 heteroatoms. The summed E-state index contributed by atoms with van der Waals surface area (Å²) in [7, 11) is 0. The van der Waals surface area contributed by atoms with Crippen molar-refractivity contribution in [3.63, 3.8) is 0 Å². The number of likely N-dealkylation sites (tertiary alicyclic amines) is 1. The third-order valence-electron chi connectivity index (χ3n) is 3.46. The zero-order valence-electron chi connectivity index (χ0n) is 11.0. The highest BCUT2D eigenvalue weighted by Crippen LogP contribution is 2.28. The monoisotopic (exact) mass is 242 g/mol. The summed E-state index contributed by atoms with van der Waals surface area (Å²) in [5, 5.41) is 11.6. The van der Waals surface area contributed by atoms with Gasteiger partial charge in [0.05, 0.1) is 5.92 Å². The first-order valence-electron chi connectivity index (χ1n) is 6.01. The Morgan fingerprint density at radius 1 is 1.35 bits per heavy atom. The van der Waals surface area contributed by atoms with Gasteiger partial charge in [-0.15, -0.1) is 0 Å². The van der Waals surface area contributed by atoms with Crippen LogP contribution in [-0.4, -0.2) is 41.1 Å². The lowest BCUT2D eigenvalue weighted by Gasteiger charge is -2.24. The maximum Gasteiger partial charge on any atom is 0.317 e. The first-order valence-corrected chi connectivity index (χ1v) is 6.01. The number of hydrogen-bond donors (Lipinski definition) is 2. The maximum absolute atomic E-state index is 11.9. The quantitative estimate of drug-likeness (QED) is 0.788. The molecule has 0 aromatic heterocycles. The second kappa shape index (κ2) is 4.94. The average molecular weight is 242 g/mol. The Morgan fingerprint density at radius 2 is 1.94 bits per heavy atom. The van der Waals surface area contributed by atoms with Gasteiger partial charge in [0, 0.05) is 19.1 Å². The lowest BCUT2D eigenvalue weighted by molar-refractivity contribution is -0.141. The zero-order valence-corrected chi connectivity index (χ0v) is 11.0. The van der Waals surface area contributed by atoms with Gasteiger partial charge in [-0.05, 0) is 25.7 Å². The van der Waals surface area contributed by atoms with E-state index in [-0.39, 0.29) is 17.5 Å². The summed E-state index contributed by atoms with van der Waals surface area (Å²) in [6, 6.07) is -0.514. The Balaban J connectivity index is 2.48. The number of carbonyl (C=O) groups excluding carboxylic acids is 1. The number of carbonyl (C=O) groups is 2. The molecule has 0 aromatic rings. The molecular weight excluding hydrogens is 220 g/mol. The molecule has 0 saturated carbocycles. The Kier molecular flexibility index (Phi) is 4.01. The lowest BCUT2D eigenvalue weighted by Crippen LogP contribution is -2.46. The van der Waals surface area contributed by atoms with Crippen LogP contribution in [0.5, 0.6) is 0 Å². The van der Waals surface area contributed by atoms with Gasteiger partial charge in [0.2, 0.25) is 0 Å². The fraction of sp³-hybridized carbons (Fsp3) is 0.833. The van der Waals surface area contributed by atoms with Crippen molar-refractivity contribution in [2.24, 2.45) is 11.3 Å². The standard InChI is InChI=1S/C12H22N2O3/c1-8(10(15)16)9(2)13-11(17)14-6-5-12(3,4)7-14/h8-9H,5-7H2,1-4H3,(H,13,17)(H,15,16). The fourth-order valence-electron chi connectivity index (χ4n) is 1.91. The predicted octanol–water partition coefficient (Wildman–Crippen LogP) is 1.54. The number of carboxylic acids is 1. The Morgan fingerprint density at radius 3 is 2.35 bits per heavy atom. The van der Waals surface area contributed by atoms with Crippen molar-refractivity contribution in [2.75, 3.05) is 13.1 Å². The molecule has 0 aromatic carbocycles. The molecule has 17 heavy (non-hydrogen) atoms. The molecule has 98 valence electrons. The molecule has 1 rings (SSSR count). The first kappa shape index (κ1) is 13.8. The van der Waals surface area contributed by atoms with Crippen LogP contribution >= 0.6 is 0 Å². The van der Waals surface area contributed by atoms with Crippen LogP contribution < -0.4 is 5.32 Å². The third-order valence-corrected chi connectivity index (χ3v) is 3.46. The minimum Gasteiger partial charge on any atom is -0.481 e. The Hall–Kier alpha value is -1.26. The van der Waals surface area contributed by atoms with Gasteiger partial charge in [0.25, 0.3) is 0 Å². The molecular formula is C12H22N2O3. The van der Waals surface area contributed by atoms with E-state index in [2.05, 4.69) is 19.2 Å². The molecule has 1 heterocycles. The average Bonchev–Trinajstić information content (AvgIpc) is 2.57. The molecule has 5 nitrogen and oxygen atoms in total. The largest absolute Gasteiger partial charge is 0.481 e. The minimum absolute atomic E-state index is 0.156. The third kappa shape index (κ3) is 3.61. The van der Waals surface area contributed by atoms with E-state index in [1.165, 1.54) is 0 Å². The van der Waals surface area contributed by atoms with Crippen LogP contribution in [0, 0.1) is 11.3 Å². The molecule has 0 radical (unpaired) electrons. The summed E-state index contributed by atoms with van der Waals surface area (Å²) >= 11 is 0. The number of nitrogens with zero attached hydrogens (tertiary/aromatic N) is 1. The van der Waals surface area contributed by atoms with Crippen LogP contribution in [-0.2, 0) is 4.79 Å². The SMILES string of the molecule is CC(NC(=O)N1CCC(C)(C)C1)C(C)C(=O)O. The first-order chi connectivity index (χ1) is 7.73. The predicted molar refractivity (Wildman–Crippen MR) is 64.8 cm³/mol. The van der Waals surface area contributed by atoms with Gasteiger partial charge in [-0.3, -0.25) is 4.79 Å². The van der Waals surface area contributed by atoms with Gasteiger partial charge >= 0.3 is 12.0 Å². The van der Waals surface area contributed by atoms with Crippen LogP contribution in [0.2, 0.25) is 0 Å². The number of nitrogens with one attached hydrogen (secondary N) is 1. The van der Waals surface area contributed by atoms with E-state index < -0.39 is 11.9 Å². The number of amides is 2. The second-order valence-corrected chi connectivity index (χ2v) is 5.70. The van der Waals surface area contributed by atoms with Crippen molar-refractivity contribution in [3.05, 3.63) is 0 Å². The molecule has 2 N–H and O–H groups in total. The molecule has 1 fully saturated rings. The van der Waals surface area contributed by atoms with Crippen LogP contribution in [0.25, 0.3) is 0 Å².